The smallest absolute Gasteiger partial charge is 0.400 e. The van der Waals surface area contributed by atoms with Gasteiger partial charge < -0.3 is 10.0 Å². The van der Waals surface area contributed by atoms with Crippen LogP contribution in [0.1, 0.15) is 0 Å². The average Bonchev–Trinajstić information content (AvgIpc) is 1.38. The maximum absolute atomic E-state index is 7.44. The summed E-state index contributed by atoms with van der Waals surface area (Å²) in [5.74, 6) is 0. The molecule has 3 N–H and O–H groups in total. The molecule has 5 heteroatoms. The Hall–Kier alpha value is -0.0951. The van der Waals surface area contributed by atoms with Crippen molar-refractivity contribution in [3.05, 3.63) is 0 Å². The number of hydrogen-bond donors (Lipinski definition) is 3. The van der Waals surface area contributed by atoms with E-state index < -0.39 is 7.32 Å². The standard InChI is InChI=1S/BH3O4/c2-1(3)5-4/h2-4H. The van der Waals surface area contributed by atoms with Crippen molar-refractivity contribution >= 4 is 7.32 Å². The summed E-state index contributed by atoms with van der Waals surface area (Å²) in [5.41, 5.74) is 0. The Balaban J connectivity index is 2.54. The van der Waals surface area contributed by atoms with Crippen LogP contribution in [0.15, 0.2) is 0 Å². The van der Waals surface area contributed by atoms with Crippen molar-refractivity contribution < 1.29 is 20.1 Å². The summed E-state index contributed by atoms with van der Waals surface area (Å²) in [6.45, 7) is 0. The Morgan fingerprint density at radius 2 is 1.60 bits per heavy atom. The molecular weight excluding hydrogens is 74.8 g/mol. The lowest BCUT2D eigenvalue weighted by molar-refractivity contribution is -0.173. The predicted octanol–water partition coefficient (Wildman–Crippen LogP) is -1.55. The van der Waals surface area contributed by atoms with Gasteiger partial charge in [-0.1, -0.05) is 0 Å². The van der Waals surface area contributed by atoms with Crippen LogP contribution in [0.2, 0.25) is 0 Å². The first kappa shape index (κ1) is 4.90. The largest absolute Gasteiger partial charge is 0.662 e. The first-order chi connectivity index (χ1) is 2.27. The minimum Gasteiger partial charge on any atom is -0.400 e. The van der Waals surface area contributed by atoms with Gasteiger partial charge in [0.1, 0.15) is 0 Å². The molecule has 0 rings (SSSR count). The van der Waals surface area contributed by atoms with Gasteiger partial charge >= 0.3 is 7.32 Å². The van der Waals surface area contributed by atoms with Crippen LogP contribution >= 0.6 is 0 Å². The van der Waals surface area contributed by atoms with Gasteiger partial charge in [0.15, 0.2) is 0 Å². The minimum atomic E-state index is -2.06. The molecule has 0 aromatic carbocycles. The van der Waals surface area contributed by atoms with Gasteiger partial charge in [-0.05, 0) is 0 Å². The summed E-state index contributed by atoms with van der Waals surface area (Å²) < 4.78 is 0. The molecule has 0 aliphatic carbocycles. The van der Waals surface area contributed by atoms with Gasteiger partial charge in [-0.15, -0.1) is 0 Å². The van der Waals surface area contributed by atoms with Crippen molar-refractivity contribution in [1.29, 1.82) is 0 Å². The fraction of sp³-hybridized carbons (Fsp3) is 0. The highest BCUT2D eigenvalue weighted by Crippen LogP contribution is 1.58. The first-order valence-electron chi connectivity index (χ1n) is 0.935. The predicted molar refractivity (Wildman–Crippen MR) is 13.9 cm³/mol. The third kappa shape index (κ3) is 3.90. The monoisotopic (exact) mass is 78.0 g/mol. The van der Waals surface area contributed by atoms with E-state index in [-0.39, 0.29) is 0 Å². The average molecular weight is 77.8 g/mol. The van der Waals surface area contributed by atoms with E-state index in [9.17, 15) is 0 Å². The molecule has 30 valence electrons. The van der Waals surface area contributed by atoms with Crippen LogP contribution in [-0.4, -0.2) is 22.6 Å². The van der Waals surface area contributed by atoms with Gasteiger partial charge in [-0.3, -0.25) is 5.26 Å². The summed E-state index contributed by atoms with van der Waals surface area (Å²) in [4.78, 5) is 2.86. The van der Waals surface area contributed by atoms with Gasteiger partial charge in [0.05, 0.1) is 0 Å². The van der Waals surface area contributed by atoms with Crippen LogP contribution < -0.4 is 0 Å². The molecule has 0 fully saturated rings. The summed E-state index contributed by atoms with van der Waals surface area (Å²) in [6.07, 6.45) is 0. The normalized spacial score (nSPS) is 7.80. The van der Waals surface area contributed by atoms with Crippen molar-refractivity contribution in [2.24, 2.45) is 0 Å². The second-order valence-corrected chi connectivity index (χ2v) is 0.432. The van der Waals surface area contributed by atoms with Crippen molar-refractivity contribution in [2.75, 3.05) is 0 Å². The van der Waals surface area contributed by atoms with Gasteiger partial charge in [0, 0.05) is 0 Å². The molecule has 0 saturated heterocycles. The Morgan fingerprint density at radius 1 is 1.40 bits per heavy atom. The SMILES string of the molecule is OOB(O)O. The van der Waals surface area contributed by atoms with Crippen molar-refractivity contribution in [1.82, 2.24) is 0 Å². The maximum atomic E-state index is 7.44. The molecule has 0 aliphatic rings. The highest BCUT2D eigenvalue weighted by Gasteiger charge is 2.03. The molecule has 0 spiro atoms. The van der Waals surface area contributed by atoms with E-state index in [1.807, 2.05) is 0 Å². The molecule has 0 saturated carbocycles. The second-order valence-electron chi connectivity index (χ2n) is 0.432. The van der Waals surface area contributed by atoms with E-state index in [0.29, 0.717) is 0 Å². The third-order valence-electron chi connectivity index (χ3n) is 0.0943. The van der Waals surface area contributed by atoms with Crippen LogP contribution in [0.3, 0.4) is 0 Å². The number of hydrogen-bond acceptors (Lipinski definition) is 4. The molecule has 0 bridgehead atoms. The zero-order valence-electron chi connectivity index (χ0n) is 2.33. The van der Waals surface area contributed by atoms with Gasteiger partial charge in [-0.2, -0.15) is 0 Å². The topological polar surface area (TPSA) is 69.9 Å². The van der Waals surface area contributed by atoms with Gasteiger partial charge in [0.2, 0.25) is 0 Å². The van der Waals surface area contributed by atoms with E-state index >= 15 is 0 Å². The van der Waals surface area contributed by atoms with E-state index in [1.165, 1.54) is 0 Å². The zero-order valence-corrected chi connectivity index (χ0v) is 2.33. The van der Waals surface area contributed by atoms with E-state index in [2.05, 4.69) is 4.81 Å². The Labute approximate surface area is 28.7 Å². The molecule has 0 atom stereocenters. The molecule has 0 amide bonds. The quantitative estimate of drug-likeness (QED) is 0.201. The lowest BCUT2D eigenvalue weighted by Crippen LogP contribution is -2.13. The molecule has 5 heavy (non-hydrogen) atoms. The lowest BCUT2D eigenvalue weighted by Gasteiger charge is -1.82. The molecule has 0 aromatic heterocycles. The summed E-state index contributed by atoms with van der Waals surface area (Å²) >= 11 is 0. The highest BCUT2D eigenvalue weighted by atomic mass is 17.1. The van der Waals surface area contributed by atoms with Crippen LogP contribution in [-0.2, 0) is 4.81 Å². The van der Waals surface area contributed by atoms with Crippen molar-refractivity contribution in [3.8, 4) is 0 Å². The summed E-state index contributed by atoms with van der Waals surface area (Å²) in [7, 11) is -2.06. The maximum Gasteiger partial charge on any atom is 0.662 e. The van der Waals surface area contributed by atoms with Crippen LogP contribution in [0.5, 0.6) is 0 Å². The fourth-order valence-corrected chi connectivity index (χ4v) is 0. The van der Waals surface area contributed by atoms with Crippen molar-refractivity contribution in [2.45, 2.75) is 0 Å². The highest BCUT2D eigenvalue weighted by molar-refractivity contribution is 6.32. The van der Waals surface area contributed by atoms with Crippen LogP contribution in [0.4, 0.5) is 0 Å². The van der Waals surface area contributed by atoms with E-state index in [0.717, 1.165) is 0 Å². The number of rotatable bonds is 1. The molecule has 0 aliphatic heterocycles. The Bertz CT molecular complexity index is 17.6. The first-order valence-corrected chi connectivity index (χ1v) is 0.935. The molecular formula is H3BO4. The van der Waals surface area contributed by atoms with Crippen LogP contribution in [0.25, 0.3) is 0 Å². The molecule has 4 nitrogen and oxygen atoms in total. The second kappa shape index (κ2) is 2.16. The Morgan fingerprint density at radius 3 is 1.60 bits per heavy atom. The molecule has 0 heterocycles. The summed E-state index contributed by atoms with van der Waals surface area (Å²) in [6, 6.07) is 0. The third-order valence-corrected chi connectivity index (χ3v) is 0.0943. The lowest BCUT2D eigenvalue weighted by atomic mass is 10.3. The van der Waals surface area contributed by atoms with Gasteiger partial charge in [0.25, 0.3) is 0 Å². The molecule has 0 unspecified atom stereocenters. The zero-order chi connectivity index (χ0) is 4.28. The molecule has 0 aromatic rings. The summed E-state index contributed by atoms with van der Waals surface area (Å²) in [5, 5.41) is 22.0. The molecule has 0 radical (unpaired) electrons. The van der Waals surface area contributed by atoms with Gasteiger partial charge in [-0.25, -0.2) is 4.81 Å². The minimum absolute atomic E-state index is 2.06. The van der Waals surface area contributed by atoms with Crippen LogP contribution in [0, 0.1) is 0 Å². The fourth-order valence-electron chi connectivity index (χ4n) is 0. The van der Waals surface area contributed by atoms with E-state index in [4.69, 9.17) is 15.3 Å². The Kier molecular flexibility index (Phi) is 2.12. The van der Waals surface area contributed by atoms with E-state index in [1.54, 1.807) is 0 Å². The van der Waals surface area contributed by atoms with Crippen molar-refractivity contribution in [3.63, 3.8) is 0 Å².